The Hall–Kier alpha value is -0.900. The second kappa shape index (κ2) is 4.95. The van der Waals surface area contributed by atoms with Crippen LogP contribution in [0.15, 0.2) is 4.52 Å². The molecule has 4 heteroatoms. The maximum Gasteiger partial charge on any atom is 0.231 e. The Morgan fingerprint density at radius 3 is 2.38 bits per heavy atom. The summed E-state index contributed by atoms with van der Waals surface area (Å²) in [6, 6.07) is 0.346. The van der Waals surface area contributed by atoms with Crippen molar-refractivity contribution in [1.29, 1.82) is 0 Å². The van der Waals surface area contributed by atoms with Crippen LogP contribution in [0.1, 0.15) is 59.2 Å². The molecule has 1 aromatic rings. The van der Waals surface area contributed by atoms with Gasteiger partial charge in [0.15, 0.2) is 5.82 Å². The minimum atomic E-state index is -0.0527. The minimum Gasteiger partial charge on any atom is -0.339 e. The molecule has 1 aromatic heterocycles. The first-order valence-electron chi connectivity index (χ1n) is 5.93. The highest BCUT2D eigenvalue weighted by molar-refractivity contribution is 5.03. The molecule has 0 amide bonds. The molecule has 92 valence electrons. The van der Waals surface area contributed by atoms with E-state index in [1.165, 1.54) is 0 Å². The number of aromatic nitrogens is 2. The molecule has 2 atom stereocenters. The van der Waals surface area contributed by atoms with E-state index >= 15 is 0 Å². The number of hydrogen-bond donors (Lipinski definition) is 1. The quantitative estimate of drug-likeness (QED) is 0.855. The Bertz CT molecular complexity index is 327. The summed E-state index contributed by atoms with van der Waals surface area (Å²) in [5, 5.41) is 7.40. The van der Waals surface area contributed by atoms with Crippen LogP contribution in [-0.2, 0) is 5.41 Å². The van der Waals surface area contributed by atoms with Crippen LogP contribution in [0.3, 0.4) is 0 Å². The Morgan fingerprint density at radius 2 is 1.94 bits per heavy atom. The highest BCUT2D eigenvalue weighted by Crippen LogP contribution is 2.23. The fourth-order valence-electron chi connectivity index (χ4n) is 1.44. The first-order chi connectivity index (χ1) is 7.36. The highest BCUT2D eigenvalue weighted by atomic mass is 16.5. The number of nitrogens with zero attached hydrogens (tertiary/aromatic N) is 2. The molecule has 1 rings (SSSR count). The van der Waals surface area contributed by atoms with E-state index in [-0.39, 0.29) is 11.3 Å². The smallest absolute Gasteiger partial charge is 0.231 e. The Kier molecular flexibility index (Phi) is 4.08. The lowest BCUT2D eigenvalue weighted by atomic mass is 9.96. The fourth-order valence-corrected chi connectivity index (χ4v) is 1.44. The third-order valence-electron chi connectivity index (χ3n) is 2.78. The molecule has 0 fully saturated rings. The summed E-state index contributed by atoms with van der Waals surface area (Å²) in [4.78, 5) is 4.47. The molecule has 0 bridgehead atoms. The molecule has 4 nitrogen and oxygen atoms in total. The number of nitrogens with one attached hydrogen (secondary N) is 1. The monoisotopic (exact) mass is 225 g/mol. The van der Waals surface area contributed by atoms with E-state index in [2.05, 4.69) is 57.0 Å². The molecular weight excluding hydrogens is 202 g/mol. The third kappa shape index (κ3) is 3.04. The van der Waals surface area contributed by atoms with Gasteiger partial charge in [-0.3, -0.25) is 0 Å². The van der Waals surface area contributed by atoms with Gasteiger partial charge in [0.25, 0.3) is 0 Å². The first-order valence-corrected chi connectivity index (χ1v) is 5.93. The lowest BCUT2D eigenvalue weighted by molar-refractivity contribution is 0.325. The first kappa shape index (κ1) is 13.2. The van der Waals surface area contributed by atoms with Gasteiger partial charge >= 0.3 is 0 Å². The van der Waals surface area contributed by atoms with E-state index in [9.17, 15) is 0 Å². The highest BCUT2D eigenvalue weighted by Gasteiger charge is 2.25. The zero-order chi connectivity index (χ0) is 12.3. The van der Waals surface area contributed by atoms with Crippen LogP contribution in [0, 0.1) is 0 Å². The van der Waals surface area contributed by atoms with Crippen molar-refractivity contribution < 1.29 is 4.52 Å². The average molecular weight is 225 g/mol. The van der Waals surface area contributed by atoms with Gasteiger partial charge < -0.3 is 9.84 Å². The molecule has 0 radical (unpaired) electrons. The summed E-state index contributed by atoms with van der Waals surface area (Å²) in [6.45, 7) is 13.5. The van der Waals surface area contributed by atoms with E-state index in [0.29, 0.717) is 6.04 Å². The average Bonchev–Trinajstić information content (AvgIpc) is 2.65. The zero-order valence-electron chi connectivity index (χ0n) is 11.2. The summed E-state index contributed by atoms with van der Waals surface area (Å²) >= 11 is 0. The van der Waals surface area contributed by atoms with Crippen molar-refractivity contribution in [3.8, 4) is 0 Å². The maximum absolute atomic E-state index is 5.32. The Labute approximate surface area is 97.8 Å². The molecule has 0 aliphatic rings. The molecule has 0 aromatic carbocycles. The summed E-state index contributed by atoms with van der Waals surface area (Å²) in [5.41, 5.74) is -0.0527. The van der Waals surface area contributed by atoms with Crippen LogP contribution in [0.2, 0.25) is 0 Å². The molecule has 0 saturated carbocycles. The van der Waals surface area contributed by atoms with Gasteiger partial charge in [0, 0.05) is 11.5 Å². The molecular formula is C12H23N3O. The van der Waals surface area contributed by atoms with Gasteiger partial charge in [0.05, 0.1) is 5.92 Å². The van der Waals surface area contributed by atoms with Crippen molar-refractivity contribution in [2.45, 2.75) is 58.9 Å². The lowest BCUT2D eigenvalue weighted by Crippen LogP contribution is -2.30. The van der Waals surface area contributed by atoms with Crippen LogP contribution < -0.4 is 5.32 Å². The third-order valence-corrected chi connectivity index (χ3v) is 2.78. The van der Waals surface area contributed by atoms with Crippen LogP contribution in [-0.4, -0.2) is 22.7 Å². The molecule has 2 unspecified atom stereocenters. The molecule has 16 heavy (non-hydrogen) atoms. The summed E-state index contributed by atoms with van der Waals surface area (Å²) in [5.74, 6) is 1.74. The standard InChI is InChI=1S/C12H23N3O/c1-7-13-9(3)8(2)10-14-11(15-16-10)12(4,5)6/h8-9,13H,7H2,1-6H3. The van der Waals surface area contributed by atoms with E-state index in [1.54, 1.807) is 0 Å². The van der Waals surface area contributed by atoms with E-state index in [1.807, 2.05) is 0 Å². The van der Waals surface area contributed by atoms with Gasteiger partial charge in [-0.2, -0.15) is 4.98 Å². The zero-order valence-corrected chi connectivity index (χ0v) is 11.2. The summed E-state index contributed by atoms with van der Waals surface area (Å²) in [7, 11) is 0. The topological polar surface area (TPSA) is 51.0 Å². The normalized spacial score (nSPS) is 16.1. The Morgan fingerprint density at radius 1 is 1.31 bits per heavy atom. The Balaban J connectivity index is 2.78. The molecule has 0 spiro atoms. The van der Waals surface area contributed by atoms with Gasteiger partial charge in [0.2, 0.25) is 5.89 Å². The molecule has 0 saturated heterocycles. The van der Waals surface area contributed by atoms with Gasteiger partial charge in [-0.15, -0.1) is 0 Å². The number of rotatable bonds is 4. The van der Waals surface area contributed by atoms with E-state index in [0.717, 1.165) is 18.3 Å². The maximum atomic E-state index is 5.32. The van der Waals surface area contributed by atoms with Gasteiger partial charge in [0.1, 0.15) is 0 Å². The van der Waals surface area contributed by atoms with Crippen molar-refractivity contribution in [2.24, 2.45) is 0 Å². The number of likely N-dealkylation sites (N-methyl/N-ethyl adjacent to an activating group) is 1. The van der Waals surface area contributed by atoms with Crippen molar-refractivity contribution in [2.75, 3.05) is 6.54 Å². The lowest BCUT2D eigenvalue weighted by Gasteiger charge is -2.17. The van der Waals surface area contributed by atoms with Crippen LogP contribution in [0.5, 0.6) is 0 Å². The van der Waals surface area contributed by atoms with Crippen molar-refractivity contribution in [3.05, 3.63) is 11.7 Å². The van der Waals surface area contributed by atoms with Crippen LogP contribution in [0.4, 0.5) is 0 Å². The fraction of sp³-hybridized carbons (Fsp3) is 0.833. The van der Waals surface area contributed by atoms with Gasteiger partial charge in [-0.25, -0.2) is 0 Å². The number of hydrogen-bond acceptors (Lipinski definition) is 4. The second-order valence-corrected chi connectivity index (χ2v) is 5.34. The predicted octanol–water partition coefficient (Wildman–Crippen LogP) is 2.47. The minimum absolute atomic E-state index is 0.0527. The van der Waals surface area contributed by atoms with Crippen LogP contribution in [0.25, 0.3) is 0 Å². The molecule has 1 N–H and O–H groups in total. The van der Waals surface area contributed by atoms with Crippen molar-refractivity contribution in [3.63, 3.8) is 0 Å². The molecule has 1 heterocycles. The van der Waals surface area contributed by atoms with Gasteiger partial charge in [-0.05, 0) is 13.5 Å². The van der Waals surface area contributed by atoms with E-state index < -0.39 is 0 Å². The SMILES string of the molecule is CCNC(C)C(C)c1nc(C(C)(C)C)no1. The largest absolute Gasteiger partial charge is 0.339 e. The van der Waals surface area contributed by atoms with Gasteiger partial charge in [-0.1, -0.05) is 39.8 Å². The van der Waals surface area contributed by atoms with Crippen LogP contribution >= 0.6 is 0 Å². The summed E-state index contributed by atoms with van der Waals surface area (Å²) < 4.78 is 5.32. The molecule has 0 aliphatic carbocycles. The second-order valence-electron chi connectivity index (χ2n) is 5.34. The van der Waals surface area contributed by atoms with E-state index in [4.69, 9.17) is 4.52 Å². The molecule has 0 aliphatic heterocycles. The summed E-state index contributed by atoms with van der Waals surface area (Å²) in [6.07, 6.45) is 0. The van der Waals surface area contributed by atoms with Crippen molar-refractivity contribution >= 4 is 0 Å². The predicted molar refractivity (Wildman–Crippen MR) is 64.6 cm³/mol. The van der Waals surface area contributed by atoms with Crippen molar-refractivity contribution in [1.82, 2.24) is 15.5 Å².